The number of aromatic nitrogens is 2. The molecular weight excluding hydrogens is 757 g/mol. The largest absolute Gasteiger partial charge is 0.455 e. The first-order chi connectivity index (χ1) is 29.6. The van der Waals surface area contributed by atoms with Gasteiger partial charge in [-0.25, -0.2) is 8.42 Å². The molecule has 9 aromatic carbocycles. The van der Waals surface area contributed by atoms with Gasteiger partial charge in [0.1, 0.15) is 21.3 Å². The minimum Gasteiger partial charge on any atom is -0.455 e. The monoisotopic (exact) mass is 788 g/mol. The van der Waals surface area contributed by atoms with E-state index >= 15 is 0 Å². The third-order valence-corrected chi connectivity index (χ3v) is 14.3. The maximum atomic E-state index is 14.6. The van der Waals surface area contributed by atoms with Crippen LogP contribution in [0.5, 0.6) is 11.5 Å². The molecule has 0 amide bonds. The molecule has 5 nitrogen and oxygen atoms in total. The van der Waals surface area contributed by atoms with Gasteiger partial charge in [0.25, 0.3) is 0 Å². The van der Waals surface area contributed by atoms with Gasteiger partial charge < -0.3 is 13.9 Å². The molecule has 0 bridgehead atoms. The van der Waals surface area contributed by atoms with E-state index in [4.69, 9.17) is 4.74 Å². The van der Waals surface area contributed by atoms with Crippen molar-refractivity contribution in [2.24, 2.45) is 0 Å². The normalized spacial score (nSPS) is 13.4. The van der Waals surface area contributed by atoms with Crippen LogP contribution in [0.1, 0.15) is 0 Å². The number of benzene rings is 9. The molecule has 0 unspecified atom stereocenters. The van der Waals surface area contributed by atoms with Crippen molar-refractivity contribution in [3.63, 3.8) is 0 Å². The third-order valence-electron chi connectivity index (χ3n) is 12.5. The standard InChI is InChI=1S/C54H32N2O3S/c57-60(58)51-30-12-11-29-49(51)59-50-31-41-34-16-2-1-15-33(34)39-21-13-27-47(55-43-23-7-3-17-35(43)36-18-4-8-24-44(36)55)53(39)54-40(42(41)32-52(50)60)22-14-28-48(54)56-45-25-9-5-19-37(45)38-20-6-10-26-46(38)56/h1-32H. The number of para-hydroxylation sites is 5. The first kappa shape index (κ1) is 33.3. The van der Waals surface area contributed by atoms with Gasteiger partial charge in [0, 0.05) is 32.7 Å². The number of hydrogen-bond donors (Lipinski definition) is 0. The molecule has 1 aliphatic heterocycles. The Labute approximate surface area is 345 Å². The Bertz CT molecular complexity index is 3670. The molecule has 60 heavy (non-hydrogen) atoms. The Kier molecular flexibility index (Phi) is 6.76. The van der Waals surface area contributed by atoms with E-state index in [9.17, 15) is 8.42 Å². The fourth-order valence-corrected chi connectivity index (χ4v) is 11.5. The molecular formula is C54H32N2O3S. The highest BCUT2D eigenvalue weighted by atomic mass is 32.2. The van der Waals surface area contributed by atoms with Gasteiger partial charge in [-0.05, 0) is 94.0 Å². The van der Waals surface area contributed by atoms with Crippen molar-refractivity contribution < 1.29 is 13.2 Å². The molecule has 282 valence electrons. The second-order valence-electron chi connectivity index (χ2n) is 15.6. The highest BCUT2D eigenvalue weighted by molar-refractivity contribution is 7.91. The van der Waals surface area contributed by atoms with Crippen molar-refractivity contribution in [2.75, 3.05) is 0 Å². The molecule has 0 N–H and O–H groups in total. The van der Waals surface area contributed by atoms with E-state index in [1.54, 1.807) is 24.3 Å². The van der Waals surface area contributed by atoms with Gasteiger partial charge in [0.2, 0.25) is 9.84 Å². The van der Waals surface area contributed by atoms with Crippen LogP contribution in [0.4, 0.5) is 0 Å². The molecule has 0 spiro atoms. The summed E-state index contributed by atoms with van der Waals surface area (Å²) in [5, 5.41) is 4.67. The van der Waals surface area contributed by atoms with Crippen molar-refractivity contribution in [2.45, 2.75) is 9.79 Å². The first-order valence-electron chi connectivity index (χ1n) is 20.1. The van der Waals surface area contributed by atoms with E-state index in [1.807, 2.05) is 12.1 Å². The second kappa shape index (κ2) is 12.2. The average molecular weight is 789 g/mol. The van der Waals surface area contributed by atoms with Gasteiger partial charge >= 0.3 is 0 Å². The molecule has 0 fully saturated rings. The van der Waals surface area contributed by atoms with Gasteiger partial charge in [0.05, 0.1) is 33.4 Å². The lowest BCUT2D eigenvalue weighted by Crippen LogP contribution is -2.12. The zero-order valence-electron chi connectivity index (χ0n) is 32.0. The minimum atomic E-state index is -3.93. The summed E-state index contributed by atoms with van der Waals surface area (Å²) < 4.78 is 40.5. The van der Waals surface area contributed by atoms with E-state index in [2.05, 4.69) is 167 Å². The Balaban J connectivity index is 1.24. The quantitative estimate of drug-likeness (QED) is 0.175. The number of ether oxygens (including phenoxy) is 1. The first-order valence-corrected chi connectivity index (χ1v) is 21.6. The van der Waals surface area contributed by atoms with E-state index in [1.165, 1.54) is 10.8 Å². The minimum absolute atomic E-state index is 0.155. The van der Waals surface area contributed by atoms with E-state index in [0.717, 1.165) is 88.7 Å². The zero-order chi connectivity index (χ0) is 39.7. The smallest absolute Gasteiger partial charge is 0.213 e. The van der Waals surface area contributed by atoms with Crippen LogP contribution in [0, 0.1) is 0 Å². The predicted octanol–water partition coefficient (Wildman–Crippen LogP) is 13.8. The molecule has 0 saturated carbocycles. The molecule has 2 aromatic heterocycles. The van der Waals surface area contributed by atoms with Crippen molar-refractivity contribution in [3.8, 4) is 67.4 Å². The van der Waals surface area contributed by atoms with Crippen molar-refractivity contribution >= 4 is 53.4 Å². The van der Waals surface area contributed by atoms with Crippen LogP contribution >= 0.6 is 0 Å². The maximum absolute atomic E-state index is 14.6. The van der Waals surface area contributed by atoms with Crippen LogP contribution in [-0.4, -0.2) is 17.6 Å². The van der Waals surface area contributed by atoms with Crippen LogP contribution in [0.15, 0.2) is 204 Å². The topological polar surface area (TPSA) is 53.2 Å². The summed E-state index contributed by atoms with van der Waals surface area (Å²) in [7, 11) is -3.93. The Morgan fingerprint density at radius 1 is 0.333 bits per heavy atom. The SMILES string of the molecule is O=S1(=O)c2ccccc2Oc2cc3c(cc21)-c1cccc(-n2c4ccccc4c4ccccc42)c1-c1c(cccc1-n1c2ccccc2c2ccccc21)-c1ccccc1-3. The van der Waals surface area contributed by atoms with Crippen LogP contribution in [0.3, 0.4) is 0 Å². The van der Waals surface area contributed by atoms with E-state index in [0.29, 0.717) is 11.5 Å². The second-order valence-corrected chi connectivity index (χ2v) is 17.5. The number of nitrogens with zero attached hydrogens (tertiary/aromatic N) is 2. The zero-order valence-corrected chi connectivity index (χ0v) is 32.8. The van der Waals surface area contributed by atoms with Gasteiger partial charge in [-0.2, -0.15) is 0 Å². The van der Waals surface area contributed by atoms with Gasteiger partial charge in [-0.15, -0.1) is 0 Å². The molecule has 0 saturated heterocycles. The van der Waals surface area contributed by atoms with Crippen molar-refractivity contribution in [3.05, 3.63) is 194 Å². The molecule has 1 aliphatic carbocycles. The van der Waals surface area contributed by atoms with Gasteiger partial charge in [-0.1, -0.05) is 133 Å². The average Bonchev–Trinajstić information content (AvgIpc) is 3.81. The van der Waals surface area contributed by atoms with Crippen LogP contribution < -0.4 is 4.74 Å². The molecule has 0 atom stereocenters. The van der Waals surface area contributed by atoms with E-state index in [-0.39, 0.29) is 9.79 Å². The summed E-state index contributed by atoms with van der Waals surface area (Å²) in [5.74, 6) is 0.654. The Morgan fingerprint density at radius 2 is 0.733 bits per heavy atom. The van der Waals surface area contributed by atoms with Crippen LogP contribution in [0.25, 0.3) is 99.5 Å². The molecule has 3 heterocycles. The predicted molar refractivity (Wildman–Crippen MR) is 242 cm³/mol. The summed E-state index contributed by atoms with van der Waals surface area (Å²) in [4.78, 5) is 0.323. The summed E-state index contributed by atoms with van der Waals surface area (Å²) in [5.41, 5.74) is 14.2. The lowest BCUT2D eigenvalue weighted by molar-refractivity contribution is 0.443. The van der Waals surface area contributed by atoms with Crippen LogP contribution in [-0.2, 0) is 9.84 Å². The molecule has 13 rings (SSSR count). The molecule has 2 aliphatic rings. The maximum Gasteiger partial charge on any atom is 0.213 e. The summed E-state index contributed by atoms with van der Waals surface area (Å²) >= 11 is 0. The lowest BCUT2D eigenvalue weighted by Gasteiger charge is -2.29. The van der Waals surface area contributed by atoms with Gasteiger partial charge in [-0.3, -0.25) is 0 Å². The summed E-state index contributed by atoms with van der Waals surface area (Å²) in [6.45, 7) is 0. The van der Waals surface area contributed by atoms with Crippen molar-refractivity contribution in [1.82, 2.24) is 9.13 Å². The van der Waals surface area contributed by atoms with Gasteiger partial charge in [0.15, 0.2) is 0 Å². The lowest BCUT2D eigenvalue weighted by atomic mass is 9.79. The number of hydrogen-bond acceptors (Lipinski definition) is 3. The third kappa shape index (κ3) is 4.43. The number of fused-ring (bicyclic) bond motifs is 16. The Hall–Kier alpha value is -7.67. The van der Waals surface area contributed by atoms with Crippen molar-refractivity contribution in [1.29, 1.82) is 0 Å². The summed E-state index contributed by atoms with van der Waals surface area (Å²) in [6, 6.07) is 66.7. The number of rotatable bonds is 2. The Morgan fingerprint density at radius 3 is 1.27 bits per heavy atom. The molecule has 6 heteroatoms. The fraction of sp³-hybridized carbons (Fsp3) is 0. The highest BCUT2D eigenvalue weighted by Gasteiger charge is 2.35. The fourth-order valence-electron chi connectivity index (χ4n) is 10.0. The molecule has 11 aromatic rings. The van der Waals surface area contributed by atoms with E-state index < -0.39 is 9.84 Å². The van der Waals surface area contributed by atoms with Crippen LogP contribution in [0.2, 0.25) is 0 Å². The summed E-state index contributed by atoms with van der Waals surface area (Å²) in [6.07, 6.45) is 0. The molecule has 0 radical (unpaired) electrons. The number of sulfone groups is 1. The highest BCUT2D eigenvalue weighted by Crippen LogP contribution is 2.55.